The van der Waals surface area contributed by atoms with E-state index in [-0.39, 0.29) is 0 Å². The number of benzene rings is 2. The van der Waals surface area contributed by atoms with Gasteiger partial charge in [0.05, 0.1) is 6.20 Å². The van der Waals surface area contributed by atoms with Crippen LogP contribution in [0.15, 0.2) is 48.7 Å². The van der Waals surface area contributed by atoms with Gasteiger partial charge in [0.2, 0.25) is 5.95 Å². The number of hydrogen-bond acceptors (Lipinski definition) is 5. The minimum atomic E-state index is 0.411. The maximum Gasteiger partial charge on any atom is 0.249 e. The molecule has 0 radical (unpaired) electrons. The third kappa shape index (κ3) is 3.81. The third-order valence-electron chi connectivity index (χ3n) is 3.65. The van der Waals surface area contributed by atoms with E-state index in [0.29, 0.717) is 16.8 Å². The second kappa shape index (κ2) is 7.27. The summed E-state index contributed by atoms with van der Waals surface area (Å²) in [6.07, 6.45) is 2.54. The Morgan fingerprint density at radius 3 is 2.71 bits per heavy atom. The summed E-state index contributed by atoms with van der Waals surface area (Å²) in [5.74, 6) is 1.04. The van der Waals surface area contributed by atoms with Crippen LogP contribution in [0.25, 0.3) is 0 Å². The smallest absolute Gasteiger partial charge is 0.249 e. The highest BCUT2D eigenvalue weighted by molar-refractivity contribution is 6.31. The first-order chi connectivity index (χ1) is 11.7. The average molecular weight is 340 g/mol. The summed E-state index contributed by atoms with van der Waals surface area (Å²) in [6.45, 7) is 4.08. The van der Waals surface area contributed by atoms with Gasteiger partial charge >= 0.3 is 0 Å². The van der Waals surface area contributed by atoms with Crippen LogP contribution in [-0.2, 0) is 6.42 Å². The summed E-state index contributed by atoms with van der Waals surface area (Å²) in [4.78, 5) is 4.45. The second-order valence-corrected chi connectivity index (χ2v) is 5.80. The van der Waals surface area contributed by atoms with E-state index in [1.54, 1.807) is 6.20 Å². The van der Waals surface area contributed by atoms with Crippen LogP contribution in [0.1, 0.15) is 18.1 Å². The molecule has 0 atom stereocenters. The molecule has 2 aromatic carbocycles. The normalized spacial score (nSPS) is 10.5. The molecule has 3 rings (SSSR count). The molecule has 0 aliphatic carbocycles. The number of anilines is 4. The minimum Gasteiger partial charge on any atom is -0.339 e. The Bertz CT molecular complexity index is 850. The Morgan fingerprint density at radius 1 is 1.08 bits per heavy atom. The predicted molar refractivity (Wildman–Crippen MR) is 98.4 cm³/mol. The van der Waals surface area contributed by atoms with Crippen LogP contribution in [0.3, 0.4) is 0 Å². The minimum absolute atomic E-state index is 0.411. The fourth-order valence-electron chi connectivity index (χ4n) is 2.30. The number of hydrogen-bond donors (Lipinski definition) is 2. The highest BCUT2D eigenvalue weighted by Crippen LogP contribution is 2.23. The van der Waals surface area contributed by atoms with Gasteiger partial charge in [0.1, 0.15) is 0 Å². The molecule has 0 saturated carbocycles. The first-order valence-electron chi connectivity index (χ1n) is 7.73. The van der Waals surface area contributed by atoms with E-state index < -0.39 is 0 Å². The van der Waals surface area contributed by atoms with Crippen LogP contribution in [0.4, 0.5) is 23.1 Å². The van der Waals surface area contributed by atoms with Crippen LogP contribution in [-0.4, -0.2) is 15.2 Å². The number of nitrogens with zero attached hydrogens (tertiary/aromatic N) is 3. The molecule has 2 N–H and O–H groups in total. The zero-order chi connectivity index (χ0) is 16.9. The van der Waals surface area contributed by atoms with Gasteiger partial charge in [0.15, 0.2) is 5.82 Å². The molecule has 24 heavy (non-hydrogen) atoms. The van der Waals surface area contributed by atoms with Crippen LogP contribution < -0.4 is 10.6 Å². The molecule has 0 fully saturated rings. The number of para-hydroxylation sites is 1. The molecule has 0 unspecified atom stereocenters. The number of halogens is 1. The van der Waals surface area contributed by atoms with Gasteiger partial charge in [-0.05, 0) is 42.7 Å². The van der Waals surface area contributed by atoms with Gasteiger partial charge in [0.25, 0.3) is 0 Å². The van der Waals surface area contributed by atoms with Crippen molar-refractivity contribution in [2.24, 2.45) is 0 Å². The van der Waals surface area contributed by atoms with Gasteiger partial charge in [-0.3, -0.25) is 0 Å². The third-order valence-corrected chi connectivity index (χ3v) is 4.06. The topological polar surface area (TPSA) is 62.7 Å². The summed E-state index contributed by atoms with van der Waals surface area (Å²) >= 11 is 6.14. The largest absolute Gasteiger partial charge is 0.339 e. The molecular weight excluding hydrogens is 322 g/mol. The molecule has 0 saturated heterocycles. The van der Waals surface area contributed by atoms with E-state index in [0.717, 1.165) is 23.4 Å². The molecule has 0 aliphatic heterocycles. The molecular formula is C18H18ClN5. The van der Waals surface area contributed by atoms with Gasteiger partial charge in [-0.25, -0.2) is 0 Å². The standard InChI is InChI=1S/C18H18ClN5/c1-3-13-6-4-5-7-16(13)22-17-11-20-24-18(23-17)21-14-9-8-12(2)15(19)10-14/h4-11H,3H2,1-2H3,(H2,21,22,23,24). The zero-order valence-electron chi connectivity index (χ0n) is 13.5. The van der Waals surface area contributed by atoms with Crippen molar-refractivity contribution in [1.82, 2.24) is 15.2 Å². The molecule has 0 amide bonds. The lowest BCUT2D eigenvalue weighted by molar-refractivity contribution is 0.981. The lowest BCUT2D eigenvalue weighted by atomic mass is 10.1. The molecule has 6 heteroatoms. The first-order valence-corrected chi connectivity index (χ1v) is 8.11. The maximum atomic E-state index is 6.14. The zero-order valence-corrected chi connectivity index (χ0v) is 14.3. The van der Waals surface area contributed by atoms with E-state index in [1.165, 1.54) is 5.56 Å². The fraction of sp³-hybridized carbons (Fsp3) is 0.167. The van der Waals surface area contributed by atoms with E-state index in [1.807, 2.05) is 43.3 Å². The van der Waals surface area contributed by atoms with Gasteiger partial charge in [0, 0.05) is 16.4 Å². The first kappa shape index (κ1) is 16.2. The Kier molecular flexibility index (Phi) is 4.91. The highest BCUT2D eigenvalue weighted by atomic mass is 35.5. The molecule has 5 nitrogen and oxygen atoms in total. The SMILES string of the molecule is CCc1ccccc1Nc1cnnc(Nc2ccc(C)c(Cl)c2)n1. The monoisotopic (exact) mass is 339 g/mol. The second-order valence-electron chi connectivity index (χ2n) is 5.39. The summed E-state index contributed by atoms with van der Waals surface area (Å²) < 4.78 is 0. The van der Waals surface area contributed by atoms with Crippen LogP contribution in [0, 0.1) is 6.92 Å². The Hall–Kier alpha value is -2.66. The summed E-state index contributed by atoms with van der Waals surface area (Å²) in [7, 11) is 0. The average Bonchev–Trinajstić information content (AvgIpc) is 2.59. The van der Waals surface area contributed by atoms with Crippen molar-refractivity contribution in [2.75, 3.05) is 10.6 Å². The number of nitrogens with one attached hydrogen (secondary N) is 2. The summed E-state index contributed by atoms with van der Waals surface area (Å²) in [5, 5.41) is 15.1. The number of aromatic nitrogens is 3. The van der Waals surface area contributed by atoms with Crippen LogP contribution in [0.5, 0.6) is 0 Å². The van der Waals surface area contributed by atoms with Gasteiger partial charge in [-0.15, -0.1) is 5.10 Å². The molecule has 0 aliphatic rings. The Morgan fingerprint density at radius 2 is 1.92 bits per heavy atom. The molecule has 1 heterocycles. The quantitative estimate of drug-likeness (QED) is 0.693. The lowest BCUT2D eigenvalue weighted by Crippen LogP contribution is -2.03. The summed E-state index contributed by atoms with van der Waals surface area (Å²) in [6, 6.07) is 13.8. The fourth-order valence-corrected chi connectivity index (χ4v) is 2.49. The van der Waals surface area contributed by atoms with Gasteiger partial charge < -0.3 is 10.6 Å². The van der Waals surface area contributed by atoms with Crippen molar-refractivity contribution in [3.8, 4) is 0 Å². The van der Waals surface area contributed by atoms with Gasteiger partial charge in [-0.2, -0.15) is 10.1 Å². The van der Waals surface area contributed by atoms with E-state index >= 15 is 0 Å². The van der Waals surface area contributed by atoms with Crippen molar-refractivity contribution in [3.63, 3.8) is 0 Å². The number of aryl methyl sites for hydroxylation is 2. The van der Waals surface area contributed by atoms with Crippen molar-refractivity contribution in [1.29, 1.82) is 0 Å². The van der Waals surface area contributed by atoms with Gasteiger partial charge in [-0.1, -0.05) is 42.8 Å². The van der Waals surface area contributed by atoms with E-state index in [4.69, 9.17) is 11.6 Å². The molecule has 122 valence electrons. The summed E-state index contributed by atoms with van der Waals surface area (Å²) in [5.41, 5.74) is 4.08. The molecule has 0 spiro atoms. The molecule has 1 aromatic heterocycles. The highest BCUT2D eigenvalue weighted by Gasteiger charge is 2.05. The maximum absolute atomic E-state index is 6.14. The number of rotatable bonds is 5. The van der Waals surface area contributed by atoms with Crippen molar-refractivity contribution >= 4 is 34.7 Å². The van der Waals surface area contributed by atoms with Crippen LogP contribution >= 0.6 is 11.6 Å². The van der Waals surface area contributed by atoms with Crippen LogP contribution in [0.2, 0.25) is 5.02 Å². The Labute approximate surface area is 146 Å². The Balaban J connectivity index is 1.80. The molecule has 0 bridgehead atoms. The van der Waals surface area contributed by atoms with Crippen molar-refractivity contribution in [2.45, 2.75) is 20.3 Å². The molecule has 3 aromatic rings. The van der Waals surface area contributed by atoms with E-state index in [9.17, 15) is 0 Å². The van der Waals surface area contributed by atoms with E-state index in [2.05, 4.69) is 38.8 Å². The predicted octanol–water partition coefficient (Wildman–Crippen LogP) is 4.88. The van der Waals surface area contributed by atoms with Crippen molar-refractivity contribution < 1.29 is 0 Å². The lowest BCUT2D eigenvalue weighted by Gasteiger charge is -2.11. The van der Waals surface area contributed by atoms with Crippen molar-refractivity contribution in [3.05, 3.63) is 64.8 Å².